The third-order valence-electron chi connectivity index (χ3n) is 2.63. The molecule has 2 N–H and O–H groups in total. The molecule has 1 aliphatic rings. The highest BCUT2D eigenvalue weighted by Gasteiger charge is 2.20. The largest absolute Gasteiger partial charge is 0.329 e. The topological polar surface area (TPSA) is 56.7 Å². The van der Waals surface area contributed by atoms with E-state index in [9.17, 15) is 0 Å². The van der Waals surface area contributed by atoms with Crippen molar-refractivity contribution in [2.45, 2.75) is 38.1 Å². The van der Waals surface area contributed by atoms with Crippen LogP contribution < -0.4 is 5.73 Å². The predicted molar refractivity (Wildman–Crippen MR) is 50.3 cm³/mol. The first-order chi connectivity index (χ1) is 6.40. The van der Waals surface area contributed by atoms with Gasteiger partial charge in [0.15, 0.2) is 5.82 Å². The summed E-state index contributed by atoms with van der Waals surface area (Å²) in [4.78, 5) is 4.31. The summed E-state index contributed by atoms with van der Waals surface area (Å²) in [6.07, 6.45) is 6.96. The Kier molecular flexibility index (Phi) is 2.59. The zero-order chi connectivity index (χ0) is 9.10. The zero-order valence-electron chi connectivity index (χ0n) is 7.82. The Morgan fingerprint density at radius 3 is 2.92 bits per heavy atom. The van der Waals surface area contributed by atoms with Gasteiger partial charge in [0.2, 0.25) is 0 Å². The Morgan fingerprint density at radius 2 is 2.23 bits per heavy atom. The summed E-state index contributed by atoms with van der Waals surface area (Å²) in [5, 5.41) is 4.41. The molecule has 72 valence electrons. The second-order valence-electron chi connectivity index (χ2n) is 3.64. The minimum atomic E-state index is 0.610. The van der Waals surface area contributed by atoms with Gasteiger partial charge in [-0.3, -0.25) is 4.68 Å². The smallest absolute Gasteiger partial charge is 0.153 e. The second-order valence-corrected chi connectivity index (χ2v) is 3.64. The molecule has 13 heavy (non-hydrogen) atoms. The summed E-state index contributed by atoms with van der Waals surface area (Å²) in [7, 11) is 0. The summed E-state index contributed by atoms with van der Waals surface area (Å²) in [5.41, 5.74) is 5.43. The van der Waals surface area contributed by atoms with Crippen LogP contribution in [0, 0.1) is 0 Å². The summed E-state index contributed by atoms with van der Waals surface area (Å²) in [5.74, 6) is 1.63. The van der Waals surface area contributed by atoms with Crippen molar-refractivity contribution < 1.29 is 0 Å². The van der Waals surface area contributed by atoms with E-state index in [1.165, 1.54) is 25.7 Å². The van der Waals surface area contributed by atoms with Gasteiger partial charge in [-0.1, -0.05) is 12.8 Å². The minimum Gasteiger partial charge on any atom is -0.329 e. The van der Waals surface area contributed by atoms with Gasteiger partial charge in [-0.05, 0) is 12.8 Å². The molecule has 1 saturated carbocycles. The fourth-order valence-corrected chi connectivity index (χ4v) is 1.92. The minimum absolute atomic E-state index is 0.610. The normalized spacial score (nSPS) is 18.2. The van der Waals surface area contributed by atoms with E-state index in [0.717, 1.165) is 12.4 Å². The van der Waals surface area contributed by atoms with E-state index in [1.54, 1.807) is 6.33 Å². The molecule has 0 bridgehead atoms. The maximum Gasteiger partial charge on any atom is 0.153 e. The van der Waals surface area contributed by atoms with Crippen molar-refractivity contribution in [1.82, 2.24) is 14.8 Å². The van der Waals surface area contributed by atoms with Crippen LogP contribution >= 0.6 is 0 Å². The molecule has 0 amide bonds. The number of nitrogens with zero attached hydrogens (tertiary/aromatic N) is 3. The molecular formula is C9H16N4. The van der Waals surface area contributed by atoms with Crippen molar-refractivity contribution in [3.63, 3.8) is 0 Å². The SMILES string of the molecule is NCCn1cnc(C2CCCC2)n1. The molecule has 1 aromatic rings. The van der Waals surface area contributed by atoms with E-state index in [-0.39, 0.29) is 0 Å². The van der Waals surface area contributed by atoms with Gasteiger partial charge in [0, 0.05) is 12.5 Å². The molecule has 1 heterocycles. The predicted octanol–water partition coefficient (Wildman–Crippen LogP) is 0.894. The molecule has 0 unspecified atom stereocenters. The highest BCUT2D eigenvalue weighted by atomic mass is 15.3. The highest BCUT2D eigenvalue weighted by Crippen LogP contribution is 2.31. The molecule has 0 atom stereocenters. The first-order valence-corrected chi connectivity index (χ1v) is 4.99. The Morgan fingerprint density at radius 1 is 1.46 bits per heavy atom. The monoisotopic (exact) mass is 180 g/mol. The lowest BCUT2D eigenvalue weighted by Crippen LogP contribution is -2.10. The molecule has 4 nitrogen and oxygen atoms in total. The summed E-state index contributed by atoms with van der Waals surface area (Å²) in [6, 6.07) is 0. The summed E-state index contributed by atoms with van der Waals surface area (Å²) in [6.45, 7) is 1.41. The van der Waals surface area contributed by atoms with E-state index in [2.05, 4.69) is 10.1 Å². The average Bonchev–Trinajstić information content (AvgIpc) is 2.70. The van der Waals surface area contributed by atoms with Crippen molar-refractivity contribution in [2.75, 3.05) is 6.54 Å². The lowest BCUT2D eigenvalue weighted by Gasteiger charge is -2.01. The van der Waals surface area contributed by atoms with Crippen LogP contribution in [-0.2, 0) is 6.54 Å². The fourth-order valence-electron chi connectivity index (χ4n) is 1.92. The highest BCUT2D eigenvalue weighted by molar-refractivity contribution is 4.96. The first kappa shape index (κ1) is 8.69. The maximum atomic E-state index is 5.43. The van der Waals surface area contributed by atoms with Crippen molar-refractivity contribution in [3.8, 4) is 0 Å². The van der Waals surface area contributed by atoms with Gasteiger partial charge in [0.25, 0.3) is 0 Å². The fraction of sp³-hybridized carbons (Fsp3) is 0.778. The van der Waals surface area contributed by atoms with Crippen LogP contribution in [0.25, 0.3) is 0 Å². The van der Waals surface area contributed by atoms with Gasteiger partial charge in [0.1, 0.15) is 6.33 Å². The van der Waals surface area contributed by atoms with Gasteiger partial charge in [-0.15, -0.1) is 0 Å². The van der Waals surface area contributed by atoms with E-state index in [1.807, 2.05) is 4.68 Å². The van der Waals surface area contributed by atoms with Gasteiger partial charge in [0.05, 0.1) is 6.54 Å². The van der Waals surface area contributed by atoms with Crippen LogP contribution in [0.5, 0.6) is 0 Å². The van der Waals surface area contributed by atoms with Crippen LogP contribution in [0.3, 0.4) is 0 Å². The number of nitrogens with two attached hydrogens (primary N) is 1. The molecule has 2 rings (SSSR count). The Labute approximate surface area is 78.1 Å². The number of rotatable bonds is 3. The Bertz CT molecular complexity index is 262. The van der Waals surface area contributed by atoms with Gasteiger partial charge >= 0.3 is 0 Å². The second kappa shape index (κ2) is 3.87. The average molecular weight is 180 g/mol. The molecule has 0 radical (unpaired) electrons. The number of aromatic nitrogens is 3. The van der Waals surface area contributed by atoms with Crippen LogP contribution in [-0.4, -0.2) is 21.3 Å². The van der Waals surface area contributed by atoms with Crippen molar-refractivity contribution in [3.05, 3.63) is 12.2 Å². The molecule has 1 fully saturated rings. The van der Waals surface area contributed by atoms with Crippen molar-refractivity contribution >= 4 is 0 Å². The van der Waals surface area contributed by atoms with Crippen LogP contribution in [0.4, 0.5) is 0 Å². The van der Waals surface area contributed by atoms with Gasteiger partial charge in [-0.25, -0.2) is 4.98 Å². The molecular weight excluding hydrogens is 164 g/mol. The number of hydrogen-bond acceptors (Lipinski definition) is 3. The first-order valence-electron chi connectivity index (χ1n) is 4.99. The summed E-state index contributed by atoms with van der Waals surface area (Å²) >= 11 is 0. The Hall–Kier alpha value is -0.900. The van der Waals surface area contributed by atoms with E-state index < -0.39 is 0 Å². The van der Waals surface area contributed by atoms with E-state index in [4.69, 9.17) is 5.73 Å². The molecule has 1 aliphatic carbocycles. The molecule has 4 heteroatoms. The maximum absolute atomic E-state index is 5.43. The Balaban J connectivity index is 2.03. The quantitative estimate of drug-likeness (QED) is 0.751. The lowest BCUT2D eigenvalue weighted by molar-refractivity contribution is 0.592. The van der Waals surface area contributed by atoms with Gasteiger partial charge < -0.3 is 5.73 Å². The lowest BCUT2D eigenvalue weighted by atomic mass is 10.1. The van der Waals surface area contributed by atoms with Crippen LogP contribution in [0.15, 0.2) is 6.33 Å². The zero-order valence-corrected chi connectivity index (χ0v) is 7.82. The standard InChI is InChI=1S/C9H16N4/c10-5-6-13-7-11-9(12-13)8-3-1-2-4-8/h7-8H,1-6,10H2. The molecule has 0 saturated heterocycles. The third kappa shape index (κ3) is 1.88. The van der Waals surface area contributed by atoms with Gasteiger partial charge in [-0.2, -0.15) is 5.10 Å². The van der Waals surface area contributed by atoms with Crippen LogP contribution in [0.1, 0.15) is 37.4 Å². The molecule has 0 spiro atoms. The van der Waals surface area contributed by atoms with Crippen molar-refractivity contribution in [2.24, 2.45) is 5.73 Å². The van der Waals surface area contributed by atoms with E-state index >= 15 is 0 Å². The van der Waals surface area contributed by atoms with Crippen LogP contribution in [0.2, 0.25) is 0 Å². The molecule has 0 aromatic carbocycles. The molecule has 1 aromatic heterocycles. The number of hydrogen-bond donors (Lipinski definition) is 1. The summed E-state index contributed by atoms with van der Waals surface area (Å²) < 4.78 is 1.84. The third-order valence-corrected chi connectivity index (χ3v) is 2.63. The van der Waals surface area contributed by atoms with Crippen molar-refractivity contribution in [1.29, 1.82) is 0 Å². The molecule has 0 aliphatic heterocycles. The van der Waals surface area contributed by atoms with E-state index in [0.29, 0.717) is 12.5 Å².